The summed E-state index contributed by atoms with van der Waals surface area (Å²) in [6, 6.07) is 9.17. The van der Waals surface area contributed by atoms with Crippen LogP contribution in [0.4, 0.5) is 0 Å². The number of carbonyl (C=O) groups excluding carboxylic acids is 2. The van der Waals surface area contributed by atoms with Gasteiger partial charge in [0.05, 0.1) is 53.6 Å². The van der Waals surface area contributed by atoms with E-state index in [9.17, 15) is 9.59 Å². The number of rotatable bonds is 9. The van der Waals surface area contributed by atoms with Gasteiger partial charge in [-0.25, -0.2) is 4.79 Å². The van der Waals surface area contributed by atoms with E-state index in [-0.39, 0.29) is 24.7 Å². The van der Waals surface area contributed by atoms with Gasteiger partial charge in [0, 0.05) is 35.0 Å². The first-order chi connectivity index (χ1) is 18.8. The fraction of sp³-hybridized carbons (Fsp3) is 0.400. The van der Waals surface area contributed by atoms with Crippen LogP contribution in [-0.4, -0.2) is 53.9 Å². The van der Waals surface area contributed by atoms with Crippen molar-refractivity contribution in [3.8, 4) is 28.7 Å². The van der Waals surface area contributed by atoms with Crippen LogP contribution in [0.3, 0.4) is 0 Å². The van der Waals surface area contributed by atoms with Gasteiger partial charge in [-0.05, 0) is 49.9 Å². The average Bonchev–Trinajstić information content (AvgIpc) is 2.95. The maximum absolute atomic E-state index is 14.0. The first-order valence-corrected chi connectivity index (χ1v) is 12.7. The molecule has 9 nitrogen and oxygen atoms in total. The zero-order valence-electron chi connectivity index (χ0n) is 23.4. The highest BCUT2D eigenvalue weighted by Gasteiger charge is 2.43. The Morgan fingerprint density at radius 2 is 1.46 bits per heavy atom. The molecule has 9 heteroatoms. The summed E-state index contributed by atoms with van der Waals surface area (Å²) in [4.78, 5) is 27.2. The molecule has 4 rings (SSSR count). The summed E-state index contributed by atoms with van der Waals surface area (Å²) in [6.45, 7) is 3.77. The summed E-state index contributed by atoms with van der Waals surface area (Å²) >= 11 is 0. The molecule has 1 aliphatic heterocycles. The number of benzene rings is 2. The van der Waals surface area contributed by atoms with Crippen LogP contribution in [0.25, 0.3) is 0 Å². The van der Waals surface area contributed by atoms with Crippen LogP contribution in [-0.2, 0) is 14.3 Å². The number of hydrogen-bond donors (Lipinski definition) is 1. The molecule has 0 amide bonds. The summed E-state index contributed by atoms with van der Waals surface area (Å²) < 4.78 is 33.1. The van der Waals surface area contributed by atoms with Gasteiger partial charge in [0.25, 0.3) is 0 Å². The lowest BCUT2D eigenvalue weighted by atomic mass is 9.71. The third-order valence-electron chi connectivity index (χ3n) is 7.25. The molecule has 0 spiro atoms. The number of Topliss-reactive ketones (excluding diaryl/α,β-unsaturated/α-hetero) is 1. The predicted octanol–water partition coefficient (Wildman–Crippen LogP) is 4.65. The quantitative estimate of drug-likeness (QED) is 0.458. The molecule has 0 radical (unpaired) electrons. The summed E-state index contributed by atoms with van der Waals surface area (Å²) in [5, 5.41) is 3.36. The SMILES string of the molecule is CCOC(=O)C1=C(C)NC2=C(C(=O)C[C@H](c3ccc(OC)c(OC)c3)C2)[C@H]1c1cc(OC)c(OC)cc1OC. The van der Waals surface area contributed by atoms with E-state index in [1.807, 2.05) is 25.1 Å². The molecular formula is C30H35NO8. The van der Waals surface area contributed by atoms with Crippen LogP contribution in [0.1, 0.15) is 49.7 Å². The van der Waals surface area contributed by atoms with Crippen molar-refractivity contribution in [2.75, 3.05) is 42.2 Å². The molecule has 208 valence electrons. The van der Waals surface area contributed by atoms with Gasteiger partial charge in [0.2, 0.25) is 0 Å². The number of allylic oxidation sites excluding steroid dienone is 3. The van der Waals surface area contributed by atoms with E-state index in [1.54, 1.807) is 33.3 Å². The Morgan fingerprint density at radius 3 is 2.08 bits per heavy atom. The third-order valence-corrected chi connectivity index (χ3v) is 7.25. The molecule has 39 heavy (non-hydrogen) atoms. The first-order valence-electron chi connectivity index (χ1n) is 12.7. The van der Waals surface area contributed by atoms with Gasteiger partial charge in [-0.3, -0.25) is 4.79 Å². The molecule has 2 aromatic rings. The number of nitrogens with one attached hydrogen (secondary N) is 1. The summed E-state index contributed by atoms with van der Waals surface area (Å²) in [5.41, 5.74) is 3.84. The molecule has 1 heterocycles. The Morgan fingerprint density at radius 1 is 0.846 bits per heavy atom. The predicted molar refractivity (Wildman–Crippen MR) is 145 cm³/mol. The van der Waals surface area contributed by atoms with Crippen molar-refractivity contribution in [3.63, 3.8) is 0 Å². The van der Waals surface area contributed by atoms with Crippen LogP contribution in [0.2, 0.25) is 0 Å². The van der Waals surface area contributed by atoms with Crippen molar-refractivity contribution in [2.45, 2.75) is 38.5 Å². The largest absolute Gasteiger partial charge is 0.496 e. The average molecular weight is 538 g/mol. The minimum atomic E-state index is -0.714. The van der Waals surface area contributed by atoms with Gasteiger partial charge >= 0.3 is 5.97 Å². The standard InChI is InChI=1S/C30H35NO8/c1-8-39-30(33)27-16(2)31-20-11-18(17-9-10-22(34-3)24(13-17)36-5)12-21(32)29(20)28(27)19-14-25(37-6)26(38-7)15-23(19)35-4/h9-10,13-15,18,28,31H,8,11-12H2,1-7H3/t18-,28+/m1/s1. The van der Waals surface area contributed by atoms with Crippen molar-refractivity contribution in [1.29, 1.82) is 0 Å². The molecule has 0 fully saturated rings. The minimum Gasteiger partial charge on any atom is -0.496 e. The van der Waals surface area contributed by atoms with Crippen LogP contribution in [0.15, 0.2) is 52.9 Å². The maximum Gasteiger partial charge on any atom is 0.336 e. The molecule has 2 aromatic carbocycles. The Balaban J connectivity index is 1.87. The third kappa shape index (κ3) is 5.13. The molecule has 0 saturated heterocycles. The monoisotopic (exact) mass is 537 g/mol. The van der Waals surface area contributed by atoms with E-state index in [4.69, 9.17) is 28.4 Å². The highest BCUT2D eigenvalue weighted by molar-refractivity contribution is 6.04. The molecule has 0 saturated carbocycles. The van der Waals surface area contributed by atoms with Crippen molar-refractivity contribution in [3.05, 3.63) is 64.0 Å². The van der Waals surface area contributed by atoms with E-state index >= 15 is 0 Å². The lowest BCUT2D eigenvalue weighted by molar-refractivity contribution is -0.138. The molecule has 1 N–H and O–H groups in total. The molecular weight excluding hydrogens is 502 g/mol. The van der Waals surface area contributed by atoms with Gasteiger partial charge in [0.1, 0.15) is 5.75 Å². The Kier molecular flexibility index (Phi) is 8.38. The molecule has 1 aliphatic carbocycles. The van der Waals surface area contributed by atoms with Gasteiger partial charge in [-0.2, -0.15) is 0 Å². The summed E-state index contributed by atoms with van der Waals surface area (Å²) in [7, 11) is 7.79. The van der Waals surface area contributed by atoms with E-state index < -0.39 is 11.9 Å². The Hall–Kier alpha value is -4.14. The second kappa shape index (κ2) is 11.7. The number of hydrogen-bond acceptors (Lipinski definition) is 9. The van der Waals surface area contributed by atoms with Crippen molar-refractivity contribution in [1.82, 2.24) is 5.32 Å². The maximum atomic E-state index is 14.0. The normalized spacial score (nSPS) is 18.7. The van der Waals surface area contributed by atoms with E-state index in [0.717, 1.165) is 11.3 Å². The summed E-state index contributed by atoms with van der Waals surface area (Å²) in [5.74, 6) is 1.26. The number of dihydropyridines is 1. The number of ketones is 1. The topological polar surface area (TPSA) is 102 Å². The van der Waals surface area contributed by atoms with Crippen LogP contribution in [0.5, 0.6) is 28.7 Å². The van der Waals surface area contributed by atoms with Crippen LogP contribution < -0.4 is 29.0 Å². The summed E-state index contributed by atoms with van der Waals surface area (Å²) in [6.07, 6.45) is 0.827. The van der Waals surface area contributed by atoms with Gasteiger partial charge < -0.3 is 33.7 Å². The molecule has 0 unspecified atom stereocenters. The highest BCUT2D eigenvalue weighted by atomic mass is 16.5. The number of methoxy groups -OCH3 is 5. The van der Waals surface area contributed by atoms with Gasteiger partial charge in [0.15, 0.2) is 28.8 Å². The zero-order valence-corrected chi connectivity index (χ0v) is 23.4. The molecule has 2 aliphatic rings. The fourth-order valence-electron chi connectivity index (χ4n) is 5.45. The van der Waals surface area contributed by atoms with Crippen molar-refractivity contribution >= 4 is 11.8 Å². The van der Waals surface area contributed by atoms with E-state index in [2.05, 4.69) is 5.32 Å². The van der Waals surface area contributed by atoms with E-state index in [1.165, 1.54) is 21.3 Å². The van der Waals surface area contributed by atoms with Gasteiger partial charge in [-0.1, -0.05) is 6.07 Å². The number of esters is 1. The second-order valence-electron chi connectivity index (χ2n) is 9.30. The number of carbonyl (C=O) groups is 2. The second-order valence-corrected chi connectivity index (χ2v) is 9.30. The van der Waals surface area contributed by atoms with E-state index in [0.29, 0.717) is 57.6 Å². The fourth-order valence-corrected chi connectivity index (χ4v) is 5.45. The lowest BCUT2D eigenvalue weighted by Gasteiger charge is -2.37. The highest BCUT2D eigenvalue weighted by Crippen LogP contribution is 2.50. The molecule has 0 aromatic heterocycles. The van der Waals surface area contributed by atoms with Crippen LogP contribution in [0, 0.1) is 0 Å². The molecule has 0 bridgehead atoms. The first kappa shape index (κ1) is 27.9. The van der Waals surface area contributed by atoms with Gasteiger partial charge in [-0.15, -0.1) is 0 Å². The van der Waals surface area contributed by atoms with Crippen molar-refractivity contribution in [2.24, 2.45) is 0 Å². The van der Waals surface area contributed by atoms with Crippen LogP contribution >= 0.6 is 0 Å². The Bertz CT molecular complexity index is 1340. The molecule has 2 atom stereocenters. The number of ether oxygens (including phenoxy) is 6. The zero-order chi connectivity index (χ0) is 28.3. The lowest BCUT2D eigenvalue weighted by Crippen LogP contribution is -2.36. The smallest absolute Gasteiger partial charge is 0.336 e. The Labute approximate surface area is 228 Å². The minimum absolute atomic E-state index is 0.0697. The van der Waals surface area contributed by atoms with Crippen molar-refractivity contribution < 1.29 is 38.0 Å².